The summed E-state index contributed by atoms with van der Waals surface area (Å²) in [6.45, 7) is 12.8. The zero-order chi connectivity index (χ0) is 32.0. The third-order valence-electron chi connectivity index (χ3n) is 8.50. The van der Waals surface area contributed by atoms with Crippen molar-refractivity contribution >= 4 is 34.8 Å². The first-order valence-corrected chi connectivity index (χ1v) is 15.6. The zero-order valence-electron chi connectivity index (χ0n) is 26.2. The molecule has 1 heterocycles. The summed E-state index contributed by atoms with van der Waals surface area (Å²) < 4.78 is 25.8. The first-order chi connectivity index (χ1) is 20.7. The summed E-state index contributed by atoms with van der Waals surface area (Å²) in [5.41, 5.74) is 3.52. The lowest BCUT2D eigenvalue weighted by Crippen LogP contribution is -2.44. The number of allylic oxidation sites excluding steroid dienone is 4. The van der Waals surface area contributed by atoms with Gasteiger partial charge in [0.15, 0.2) is 29.7 Å². The maximum atomic E-state index is 14.0. The Morgan fingerprint density at radius 1 is 0.955 bits per heavy atom. The number of halogens is 2. The Hall–Kier alpha value is -3.65. The minimum Gasteiger partial charge on any atom is -0.490 e. The number of ether oxygens (including phenoxy) is 2. The molecule has 5 rings (SSSR count). The van der Waals surface area contributed by atoms with E-state index in [1.54, 1.807) is 18.2 Å². The molecule has 2 aliphatic carbocycles. The van der Waals surface area contributed by atoms with E-state index in [0.29, 0.717) is 54.7 Å². The lowest BCUT2D eigenvalue weighted by atomic mass is 9.63. The van der Waals surface area contributed by atoms with Gasteiger partial charge in [0.1, 0.15) is 5.82 Å². The highest BCUT2D eigenvalue weighted by Crippen LogP contribution is 2.55. The molecule has 1 amide bonds. The second-order valence-electron chi connectivity index (χ2n) is 13.4. The van der Waals surface area contributed by atoms with Gasteiger partial charge in [-0.25, -0.2) is 4.39 Å². The summed E-state index contributed by atoms with van der Waals surface area (Å²) in [4.78, 5) is 42.7. The third kappa shape index (κ3) is 6.14. The van der Waals surface area contributed by atoms with Crippen LogP contribution < -0.4 is 14.8 Å². The number of Topliss-reactive ketones (excluding diaryl/α,β-unsaturated/α-hetero) is 2. The first kappa shape index (κ1) is 31.8. The van der Waals surface area contributed by atoms with E-state index in [2.05, 4.69) is 44.8 Å². The molecule has 0 bridgehead atoms. The van der Waals surface area contributed by atoms with Crippen LogP contribution in [0, 0.1) is 16.6 Å². The predicted molar refractivity (Wildman–Crippen MR) is 168 cm³/mol. The van der Waals surface area contributed by atoms with Gasteiger partial charge in [-0.2, -0.15) is 0 Å². The number of carbonyl (C=O) groups excluding carboxylic acids is 3. The fourth-order valence-corrected chi connectivity index (χ4v) is 7.08. The molecule has 0 spiro atoms. The average Bonchev–Trinajstić information content (AvgIpc) is 2.91. The maximum Gasteiger partial charge on any atom is 0.262 e. The molecule has 0 aromatic heterocycles. The quantitative estimate of drug-likeness (QED) is 0.326. The highest BCUT2D eigenvalue weighted by molar-refractivity contribution is 6.32. The van der Waals surface area contributed by atoms with Crippen molar-refractivity contribution in [3.05, 3.63) is 75.3 Å². The number of hydrogen-bond acceptors (Lipinski definition) is 6. The van der Waals surface area contributed by atoms with Crippen molar-refractivity contribution < 1.29 is 28.2 Å². The van der Waals surface area contributed by atoms with E-state index in [1.807, 2.05) is 6.92 Å². The normalized spacial score (nSPS) is 19.5. The summed E-state index contributed by atoms with van der Waals surface area (Å²) in [5, 5.41) is 2.67. The molecule has 0 radical (unpaired) electrons. The van der Waals surface area contributed by atoms with Crippen molar-refractivity contribution in [3.8, 4) is 11.5 Å². The average molecular weight is 623 g/mol. The van der Waals surface area contributed by atoms with Crippen LogP contribution in [-0.4, -0.2) is 42.1 Å². The number of ketones is 2. The van der Waals surface area contributed by atoms with Crippen molar-refractivity contribution in [1.29, 1.82) is 0 Å². The Bertz CT molecular complexity index is 1540. The van der Waals surface area contributed by atoms with Crippen LogP contribution in [0.15, 0.2) is 58.9 Å². The second-order valence-corrected chi connectivity index (χ2v) is 13.8. The predicted octanol–water partition coefficient (Wildman–Crippen LogP) is 7.60. The lowest BCUT2D eigenvalue weighted by molar-refractivity contribution is -0.120. The van der Waals surface area contributed by atoms with E-state index in [-0.39, 0.29) is 45.5 Å². The van der Waals surface area contributed by atoms with Gasteiger partial charge in [0.25, 0.3) is 5.91 Å². The van der Waals surface area contributed by atoms with Crippen LogP contribution in [0.25, 0.3) is 0 Å². The van der Waals surface area contributed by atoms with Crippen molar-refractivity contribution in [1.82, 2.24) is 4.90 Å². The number of carbonyl (C=O) groups is 3. The molecular formula is C35H40ClFN2O5. The molecule has 3 aliphatic rings. The molecule has 44 heavy (non-hydrogen) atoms. The van der Waals surface area contributed by atoms with E-state index in [9.17, 15) is 18.8 Å². The van der Waals surface area contributed by atoms with Gasteiger partial charge in [0.05, 0.1) is 17.3 Å². The third-order valence-corrected chi connectivity index (χ3v) is 8.78. The molecule has 2 aromatic carbocycles. The van der Waals surface area contributed by atoms with Crippen LogP contribution in [0.1, 0.15) is 78.7 Å². The Labute approximate surface area is 263 Å². The molecule has 2 aromatic rings. The van der Waals surface area contributed by atoms with E-state index in [4.69, 9.17) is 21.1 Å². The smallest absolute Gasteiger partial charge is 0.262 e. The Morgan fingerprint density at radius 2 is 1.55 bits per heavy atom. The number of nitrogens with zero attached hydrogens (tertiary/aromatic N) is 1. The SMILES string of the molecule is CCOc1cc(C2C3=C(CC(C)(C)CC3=O)N(CC)C3=C2C(=O)CC(C)(C)C3)cc(Cl)c1OCC(=O)Nc1ccccc1F. The van der Waals surface area contributed by atoms with E-state index in [1.165, 1.54) is 18.2 Å². The summed E-state index contributed by atoms with van der Waals surface area (Å²) in [6.07, 6.45) is 2.20. The van der Waals surface area contributed by atoms with E-state index < -0.39 is 24.2 Å². The Kier molecular flexibility index (Phi) is 8.69. The number of nitrogens with one attached hydrogen (secondary N) is 1. The molecule has 0 saturated carbocycles. The monoisotopic (exact) mass is 622 g/mol. The van der Waals surface area contributed by atoms with Gasteiger partial charge in [0.2, 0.25) is 0 Å². The number of anilines is 1. The number of hydrogen-bond donors (Lipinski definition) is 1. The second kappa shape index (κ2) is 12.0. The van der Waals surface area contributed by atoms with Crippen LogP contribution in [0.4, 0.5) is 10.1 Å². The topological polar surface area (TPSA) is 84.9 Å². The van der Waals surface area contributed by atoms with Crippen LogP contribution in [0.3, 0.4) is 0 Å². The molecule has 0 atom stereocenters. The number of rotatable bonds is 8. The number of para-hydroxylation sites is 1. The van der Waals surface area contributed by atoms with Crippen LogP contribution in [0.5, 0.6) is 11.5 Å². The molecule has 0 unspecified atom stereocenters. The van der Waals surface area contributed by atoms with Crippen molar-refractivity contribution in [2.45, 2.75) is 73.1 Å². The van der Waals surface area contributed by atoms with Crippen LogP contribution in [-0.2, 0) is 14.4 Å². The molecule has 7 nitrogen and oxygen atoms in total. The summed E-state index contributed by atoms with van der Waals surface area (Å²) >= 11 is 6.82. The molecule has 1 aliphatic heterocycles. The van der Waals surface area contributed by atoms with Gasteiger partial charge < -0.3 is 19.7 Å². The lowest BCUT2D eigenvalue weighted by Gasteiger charge is -2.49. The van der Waals surface area contributed by atoms with Gasteiger partial charge in [-0.05, 0) is 67.3 Å². The Morgan fingerprint density at radius 3 is 2.09 bits per heavy atom. The van der Waals surface area contributed by atoms with Crippen molar-refractivity contribution in [2.75, 3.05) is 25.1 Å². The van der Waals surface area contributed by atoms with Gasteiger partial charge in [-0.1, -0.05) is 51.4 Å². The van der Waals surface area contributed by atoms with Gasteiger partial charge >= 0.3 is 0 Å². The molecule has 0 saturated heterocycles. The Balaban J connectivity index is 1.57. The fraction of sp³-hybridized carbons (Fsp3) is 0.457. The van der Waals surface area contributed by atoms with Gasteiger partial charge in [0, 0.05) is 47.8 Å². The maximum absolute atomic E-state index is 14.0. The molecular weight excluding hydrogens is 583 g/mol. The standard InChI is InChI=1S/C35H40ClFN2O5/c1-7-39-24-15-34(3,4)17-26(40)31(24)30(32-25(39)16-35(5,6)18-27(32)41)20-13-21(36)33(28(14-20)43-8-2)44-19-29(42)38-23-12-10-9-11-22(23)37/h9-14,30H,7-8,15-19H2,1-6H3,(H,38,42). The fourth-order valence-electron chi connectivity index (χ4n) is 6.81. The first-order valence-electron chi connectivity index (χ1n) is 15.2. The largest absolute Gasteiger partial charge is 0.490 e. The molecule has 0 fully saturated rings. The van der Waals surface area contributed by atoms with E-state index >= 15 is 0 Å². The van der Waals surface area contributed by atoms with E-state index in [0.717, 1.165) is 11.4 Å². The highest BCUT2D eigenvalue weighted by Gasteiger charge is 2.48. The van der Waals surface area contributed by atoms with Gasteiger partial charge in [-0.15, -0.1) is 0 Å². The van der Waals surface area contributed by atoms with Crippen molar-refractivity contribution in [3.63, 3.8) is 0 Å². The van der Waals surface area contributed by atoms with Crippen molar-refractivity contribution in [2.24, 2.45) is 10.8 Å². The van der Waals surface area contributed by atoms with Gasteiger partial charge in [-0.3, -0.25) is 14.4 Å². The highest BCUT2D eigenvalue weighted by atomic mass is 35.5. The molecule has 1 N–H and O–H groups in total. The van der Waals surface area contributed by atoms with Crippen LogP contribution >= 0.6 is 11.6 Å². The minimum atomic E-state index is -0.592. The minimum absolute atomic E-state index is 0.0307. The zero-order valence-corrected chi connectivity index (χ0v) is 27.0. The summed E-state index contributed by atoms with van der Waals surface area (Å²) in [5.74, 6) is -1.21. The number of amides is 1. The molecule has 234 valence electrons. The van der Waals surface area contributed by atoms with Crippen LogP contribution in [0.2, 0.25) is 5.02 Å². The summed E-state index contributed by atoms with van der Waals surface area (Å²) in [6, 6.07) is 9.33. The summed E-state index contributed by atoms with van der Waals surface area (Å²) in [7, 11) is 0. The molecule has 9 heteroatoms. The number of benzene rings is 2.